The van der Waals surface area contributed by atoms with E-state index in [1.54, 1.807) is 18.2 Å². The number of benzene rings is 1. The molecule has 0 radical (unpaired) electrons. The van der Waals surface area contributed by atoms with Crippen molar-refractivity contribution in [1.29, 1.82) is 0 Å². The van der Waals surface area contributed by atoms with Gasteiger partial charge in [-0.3, -0.25) is 4.79 Å². The molecule has 0 spiro atoms. The van der Waals surface area contributed by atoms with Gasteiger partial charge in [0.1, 0.15) is 0 Å². The van der Waals surface area contributed by atoms with Gasteiger partial charge < -0.3 is 10.8 Å². The number of halogens is 1. The molecule has 0 aliphatic heterocycles. The molecule has 3 N–H and O–H groups in total. The van der Waals surface area contributed by atoms with Crippen LogP contribution in [-0.4, -0.2) is 20.8 Å². The molecule has 5 nitrogen and oxygen atoms in total. The van der Waals surface area contributed by atoms with Gasteiger partial charge in [0.15, 0.2) is 0 Å². The van der Waals surface area contributed by atoms with Gasteiger partial charge in [0, 0.05) is 6.20 Å². The number of hydrogen-bond donors (Lipinski definition) is 2. The smallest absolute Gasteiger partial charge is 0.251 e. The summed E-state index contributed by atoms with van der Waals surface area (Å²) in [6, 6.07) is 5.08. The van der Waals surface area contributed by atoms with Crippen LogP contribution in [0.5, 0.6) is 0 Å². The molecule has 1 aromatic heterocycles. The highest BCUT2D eigenvalue weighted by Gasteiger charge is 2.08. The standard InChI is InChI=1S/C11H10ClN3O2/c12-9-3-7(6-16)1-2-10(9)15-5-8(4-14-15)11(13)17/h1-5,16H,6H2,(H2,13,17). The third-order valence-corrected chi connectivity index (χ3v) is 2.61. The first-order chi connectivity index (χ1) is 8.11. The quantitative estimate of drug-likeness (QED) is 0.858. The summed E-state index contributed by atoms with van der Waals surface area (Å²) in [5, 5.41) is 13.4. The van der Waals surface area contributed by atoms with Gasteiger partial charge in [0.25, 0.3) is 5.91 Å². The number of nitrogens with two attached hydrogens (primary N) is 1. The SMILES string of the molecule is NC(=O)c1cnn(-c2ccc(CO)cc2Cl)c1. The van der Waals surface area contributed by atoms with Crippen LogP contribution in [0.3, 0.4) is 0 Å². The molecule has 0 atom stereocenters. The molecule has 0 saturated heterocycles. The van der Waals surface area contributed by atoms with E-state index in [0.29, 0.717) is 21.8 Å². The van der Waals surface area contributed by atoms with Crippen LogP contribution in [0.2, 0.25) is 5.02 Å². The molecule has 1 aromatic carbocycles. The Kier molecular flexibility index (Phi) is 3.12. The number of aliphatic hydroxyl groups is 1. The minimum Gasteiger partial charge on any atom is -0.392 e. The summed E-state index contributed by atoms with van der Waals surface area (Å²) in [4.78, 5) is 10.9. The van der Waals surface area contributed by atoms with Gasteiger partial charge in [-0.25, -0.2) is 4.68 Å². The first kappa shape index (κ1) is 11.6. The molecule has 0 aliphatic rings. The molecule has 17 heavy (non-hydrogen) atoms. The zero-order chi connectivity index (χ0) is 12.4. The number of amides is 1. The predicted octanol–water partition coefficient (Wildman–Crippen LogP) is 1.12. The van der Waals surface area contributed by atoms with Gasteiger partial charge in [-0.1, -0.05) is 17.7 Å². The van der Waals surface area contributed by atoms with E-state index in [1.165, 1.54) is 17.1 Å². The highest BCUT2D eigenvalue weighted by molar-refractivity contribution is 6.32. The Morgan fingerprint density at radius 3 is 2.82 bits per heavy atom. The lowest BCUT2D eigenvalue weighted by molar-refractivity contribution is 0.100. The maximum absolute atomic E-state index is 10.9. The van der Waals surface area contributed by atoms with E-state index in [0.717, 1.165) is 0 Å². The molecule has 0 aliphatic carbocycles. The van der Waals surface area contributed by atoms with Gasteiger partial charge >= 0.3 is 0 Å². The van der Waals surface area contributed by atoms with E-state index < -0.39 is 5.91 Å². The number of nitrogens with zero attached hydrogens (tertiary/aromatic N) is 2. The van der Waals surface area contributed by atoms with Crippen LogP contribution < -0.4 is 5.73 Å². The molecule has 1 heterocycles. The summed E-state index contributed by atoms with van der Waals surface area (Å²) in [5.41, 5.74) is 6.77. The molecule has 0 bridgehead atoms. The third kappa shape index (κ3) is 2.30. The number of rotatable bonds is 3. The second kappa shape index (κ2) is 4.57. The van der Waals surface area contributed by atoms with Crippen LogP contribution in [0.15, 0.2) is 30.6 Å². The van der Waals surface area contributed by atoms with E-state index in [2.05, 4.69) is 5.10 Å². The van der Waals surface area contributed by atoms with Crippen LogP contribution in [0, 0.1) is 0 Å². The Morgan fingerprint density at radius 1 is 1.53 bits per heavy atom. The van der Waals surface area contributed by atoms with Gasteiger partial charge in [0.05, 0.1) is 29.1 Å². The minimum atomic E-state index is -0.542. The van der Waals surface area contributed by atoms with Crippen LogP contribution in [0.25, 0.3) is 5.69 Å². The summed E-state index contributed by atoms with van der Waals surface area (Å²) < 4.78 is 1.46. The molecule has 1 amide bonds. The van der Waals surface area contributed by atoms with E-state index in [9.17, 15) is 4.79 Å². The van der Waals surface area contributed by atoms with Crippen molar-refractivity contribution >= 4 is 17.5 Å². The monoisotopic (exact) mass is 251 g/mol. The van der Waals surface area contributed by atoms with Crippen LogP contribution in [0.4, 0.5) is 0 Å². The lowest BCUT2D eigenvalue weighted by atomic mass is 10.2. The summed E-state index contributed by atoms with van der Waals surface area (Å²) in [5.74, 6) is -0.542. The molecule has 6 heteroatoms. The Bertz CT molecular complexity index is 566. The molecular formula is C11H10ClN3O2. The summed E-state index contributed by atoms with van der Waals surface area (Å²) in [7, 11) is 0. The van der Waals surface area contributed by atoms with E-state index >= 15 is 0 Å². The topological polar surface area (TPSA) is 81.1 Å². The van der Waals surface area contributed by atoms with Crippen molar-refractivity contribution in [2.75, 3.05) is 0 Å². The molecule has 0 unspecified atom stereocenters. The molecule has 88 valence electrons. The number of aliphatic hydroxyl groups excluding tert-OH is 1. The van der Waals surface area contributed by atoms with Gasteiger partial charge in [-0.15, -0.1) is 0 Å². The summed E-state index contributed by atoms with van der Waals surface area (Å²) >= 11 is 6.04. The average molecular weight is 252 g/mol. The summed E-state index contributed by atoms with van der Waals surface area (Å²) in [6.07, 6.45) is 2.88. The number of aromatic nitrogens is 2. The number of hydrogen-bond acceptors (Lipinski definition) is 3. The molecule has 2 aromatic rings. The number of primary amides is 1. The average Bonchev–Trinajstić information content (AvgIpc) is 2.78. The Labute approximate surface area is 102 Å². The number of carbonyl (C=O) groups excluding carboxylic acids is 1. The fourth-order valence-electron chi connectivity index (χ4n) is 1.42. The Morgan fingerprint density at radius 2 is 2.29 bits per heavy atom. The number of carbonyl (C=O) groups is 1. The molecule has 0 fully saturated rings. The highest BCUT2D eigenvalue weighted by atomic mass is 35.5. The normalized spacial score (nSPS) is 10.5. The summed E-state index contributed by atoms with van der Waals surface area (Å²) in [6.45, 7) is -0.0777. The second-order valence-corrected chi connectivity index (χ2v) is 3.89. The van der Waals surface area contributed by atoms with Gasteiger partial charge in [0.2, 0.25) is 0 Å². The first-order valence-electron chi connectivity index (χ1n) is 4.86. The lowest BCUT2D eigenvalue weighted by Gasteiger charge is -2.05. The van der Waals surface area contributed by atoms with Crippen molar-refractivity contribution in [3.05, 3.63) is 46.7 Å². The Balaban J connectivity index is 2.42. The first-order valence-corrected chi connectivity index (χ1v) is 5.23. The fourth-order valence-corrected chi connectivity index (χ4v) is 1.71. The second-order valence-electron chi connectivity index (χ2n) is 3.48. The van der Waals surface area contributed by atoms with Crippen LogP contribution >= 0.6 is 11.6 Å². The van der Waals surface area contributed by atoms with Crippen LogP contribution in [-0.2, 0) is 6.61 Å². The van der Waals surface area contributed by atoms with Crippen molar-refractivity contribution < 1.29 is 9.90 Å². The largest absolute Gasteiger partial charge is 0.392 e. The van der Waals surface area contributed by atoms with Crippen molar-refractivity contribution in [3.63, 3.8) is 0 Å². The van der Waals surface area contributed by atoms with Crippen molar-refractivity contribution in [2.45, 2.75) is 6.61 Å². The maximum Gasteiger partial charge on any atom is 0.251 e. The van der Waals surface area contributed by atoms with Crippen molar-refractivity contribution in [1.82, 2.24) is 9.78 Å². The zero-order valence-corrected chi connectivity index (χ0v) is 9.55. The molecule has 0 saturated carbocycles. The van der Waals surface area contributed by atoms with Crippen molar-refractivity contribution in [2.24, 2.45) is 5.73 Å². The third-order valence-electron chi connectivity index (χ3n) is 2.31. The van der Waals surface area contributed by atoms with Crippen LogP contribution in [0.1, 0.15) is 15.9 Å². The maximum atomic E-state index is 10.9. The van der Waals surface area contributed by atoms with Crippen molar-refractivity contribution in [3.8, 4) is 5.69 Å². The fraction of sp³-hybridized carbons (Fsp3) is 0.0909. The predicted molar refractivity (Wildman–Crippen MR) is 63.0 cm³/mol. The minimum absolute atomic E-state index is 0.0777. The van der Waals surface area contributed by atoms with Gasteiger partial charge in [-0.05, 0) is 17.7 Å². The lowest BCUT2D eigenvalue weighted by Crippen LogP contribution is -2.09. The van der Waals surface area contributed by atoms with E-state index in [1.807, 2.05) is 0 Å². The highest BCUT2D eigenvalue weighted by Crippen LogP contribution is 2.21. The zero-order valence-electron chi connectivity index (χ0n) is 8.80. The molecule has 2 rings (SSSR count). The van der Waals surface area contributed by atoms with Gasteiger partial charge in [-0.2, -0.15) is 5.10 Å². The van der Waals surface area contributed by atoms with E-state index in [-0.39, 0.29) is 6.61 Å². The Hall–Kier alpha value is -1.85. The van der Waals surface area contributed by atoms with E-state index in [4.69, 9.17) is 22.4 Å². The molecular weight excluding hydrogens is 242 g/mol.